The molecule has 0 aromatic heterocycles. The molecule has 0 aliphatic rings. The van der Waals surface area contributed by atoms with Crippen LogP contribution in [0, 0.1) is 0 Å². The second kappa shape index (κ2) is 11.1. The first-order valence-electron chi connectivity index (χ1n) is 8.93. The van der Waals surface area contributed by atoms with Crippen molar-refractivity contribution in [2.75, 3.05) is 20.3 Å². The van der Waals surface area contributed by atoms with Crippen molar-refractivity contribution < 1.29 is 19.4 Å². The molecule has 2 rings (SSSR count). The van der Waals surface area contributed by atoms with Crippen LogP contribution in [0.1, 0.15) is 41.6 Å². The quantitative estimate of drug-likeness (QED) is 0.366. The second-order valence-electron chi connectivity index (χ2n) is 5.98. The van der Waals surface area contributed by atoms with E-state index in [9.17, 15) is 4.79 Å². The third kappa shape index (κ3) is 6.73. The minimum Gasteiger partial charge on any atom is -0.497 e. The number of hydrogen-bond donors (Lipinski definition) is 1. The van der Waals surface area contributed by atoms with Gasteiger partial charge in [0.25, 0.3) is 0 Å². The van der Waals surface area contributed by atoms with Crippen LogP contribution in [0.15, 0.2) is 54.6 Å². The average molecular weight is 354 g/mol. The van der Waals surface area contributed by atoms with Crippen molar-refractivity contribution in [1.29, 1.82) is 0 Å². The molecule has 0 spiro atoms. The predicted octanol–water partition coefficient (Wildman–Crippen LogP) is 4.52. The van der Waals surface area contributed by atoms with Gasteiger partial charge in [-0.15, -0.1) is 0 Å². The van der Waals surface area contributed by atoms with E-state index in [1.165, 1.54) is 0 Å². The number of hydrogen-bond acceptors (Lipinski definition) is 4. The minimum atomic E-state index is -0.0450. The summed E-state index contributed by atoms with van der Waals surface area (Å²) in [7, 11) is 1.62. The van der Waals surface area contributed by atoms with Crippen LogP contribution in [0.5, 0.6) is 11.5 Å². The molecular weight excluding hydrogens is 328 g/mol. The van der Waals surface area contributed by atoms with E-state index in [1.807, 2.05) is 36.4 Å². The standard InChI is InChI=1S/C22H26O4/c1-25-20-11-6-18(7-12-20)8-15-22(24)19-9-13-21(14-10-19)26-17-5-3-2-4-16-23/h6-15,23H,2-5,16-17H2,1H3. The lowest BCUT2D eigenvalue weighted by Gasteiger charge is -2.06. The number of unbranched alkanes of at least 4 members (excludes halogenated alkanes) is 3. The second-order valence-corrected chi connectivity index (χ2v) is 5.98. The number of rotatable bonds is 11. The van der Waals surface area contributed by atoms with Crippen molar-refractivity contribution in [3.63, 3.8) is 0 Å². The number of allylic oxidation sites excluding steroid dienone is 1. The van der Waals surface area contributed by atoms with Crippen LogP contribution in [0.2, 0.25) is 0 Å². The Balaban J connectivity index is 1.80. The Kier molecular flexibility index (Phi) is 8.43. The lowest BCUT2D eigenvalue weighted by Crippen LogP contribution is -1.99. The van der Waals surface area contributed by atoms with Gasteiger partial charge >= 0.3 is 0 Å². The first kappa shape index (κ1) is 19.7. The van der Waals surface area contributed by atoms with Crippen LogP contribution in [0.25, 0.3) is 6.08 Å². The van der Waals surface area contributed by atoms with Crippen molar-refractivity contribution in [2.45, 2.75) is 25.7 Å². The molecule has 2 aromatic carbocycles. The zero-order valence-corrected chi connectivity index (χ0v) is 15.2. The average Bonchev–Trinajstić information content (AvgIpc) is 2.69. The molecule has 0 aliphatic carbocycles. The summed E-state index contributed by atoms with van der Waals surface area (Å²) in [5.74, 6) is 1.51. The maximum absolute atomic E-state index is 12.2. The lowest BCUT2D eigenvalue weighted by atomic mass is 10.1. The largest absolute Gasteiger partial charge is 0.497 e. The number of benzene rings is 2. The van der Waals surface area contributed by atoms with Gasteiger partial charge in [0.1, 0.15) is 11.5 Å². The van der Waals surface area contributed by atoms with Crippen LogP contribution >= 0.6 is 0 Å². The molecule has 0 amide bonds. The highest BCUT2D eigenvalue weighted by atomic mass is 16.5. The van der Waals surface area contributed by atoms with Gasteiger partial charge in [0.2, 0.25) is 0 Å². The number of aliphatic hydroxyl groups is 1. The SMILES string of the molecule is COc1ccc(C=CC(=O)c2ccc(OCCCCCCO)cc2)cc1. The van der Waals surface area contributed by atoms with Gasteiger partial charge in [0, 0.05) is 12.2 Å². The first-order valence-corrected chi connectivity index (χ1v) is 8.93. The summed E-state index contributed by atoms with van der Waals surface area (Å²) in [6.07, 6.45) is 7.24. The summed E-state index contributed by atoms with van der Waals surface area (Å²) >= 11 is 0. The molecule has 4 nitrogen and oxygen atoms in total. The predicted molar refractivity (Wildman–Crippen MR) is 104 cm³/mol. The Labute approximate surface area is 155 Å². The highest BCUT2D eigenvalue weighted by Crippen LogP contribution is 2.15. The summed E-state index contributed by atoms with van der Waals surface area (Å²) in [5.41, 5.74) is 1.57. The normalized spacial score (nSPS) is 10.8. The van der Waals surface area contributed by atoms with E-state index in [-0.39, 0.29) is 12.4 Å². The molecule has 0 bridgehead atoms. The zero-order valence-electron chi connectivity index (χ0n) is 15.2. The Hall–Kier alpha value is -2.59. The van der Waals surface area contributed by atoms with Crippen LogP contribution in [-0.2, 0) is 0 Å². The van der Waals surface area contributed by atoms with Gasteiger partial charge in [-0.2, -0.15) is 0 Å². The van der Waals surface area contributed by atoms with Crippen molar-refractivity contribution in [2.24, 2.45) is 0 Å². The molecule has 1 N–H and O–H groups in total. The number of aliphatic hydroxyl groups excluding tert-OH is 1. The van der Waals surface area contributed by atoms with E-state index in [4.69, 9.17) is 14.6 Å². The molecule has 0 unspecified atom stereocenters. The molecular formula is C22H26O4. The molecule has 2 aromatic rings. The molecule has 26 heavy (non-hydrogen) atoms. The molecule has 0 heterocycles. The number of methoxy groups -OCH3 is 1. The lowest BCUT2D eigenvalue weighted by molar-refractivity contribution is 0.104. The van der Waals surface area contributed by atoms with E-state index < -0.39 is 0 Å². The topological polar surface area (TPSA) is 55.8 Å². The maximum atomic E-state index is 12.2. The third-order valence-corrected chi connectivity index (χ3v) is 4.00. The van der Waals surface area contributed by atoms with Gasteiger partial charge in [-0.3, -0.25) is 4.79 Å². The van der Waals surface area contributed by atoms with Gasteiger partial charge in [-0.25, -0.2) is 0 Å². The Bertz CT molecular complexity index is 687. The molecule has 138 valence electrons. The number of ketones is 1. The van der Waals surface area contributed by atoms with E-state index >= 15 is 0 Å². The summed E-state index contributed by atoms with van der Waals surface area (Å²) in [4.78, 5) is 12.2. The van der Waals surface area contributed by atoms with Crippen molar-refractivity contribution in [1.82, 2.24) is 0 Å². The molecule has 0 fully saturated rings. The Morgan fingerprint density at radius 1 is 0.923 bits per heavy atom. The molecule has 0 aliphatic heterocycles. The van der Waals surface area contributed by atoms with E-state index in [2.05, 4.69) is 0 Å². The molecule has 0 atom stereocenters. The van der Waals surface area contributed by atoms with E-state index in [1.54, 1.807) is 31.4 Å². The van der Waals surface area contributed by atoms with Crippen molar-refractivity contribution >= 4 is 11.9 Å². The maximum Gasteiger partial charge on any atom is 0.185 e. The molecule has 0 saturated heterocycles. The minimum absolute atomic E-state index is 0.0450. The van der Waals surface area contributed by atoms with E-state index in [0.29, 0.717) is 12.2 Å². The third-order valence-electron chi connectivity index (χ3n) is 4.00. The van der Waals surface area contributed by atoms with Crippen LogP contribution in [0.4, 0.5) is 0 Å². The first-order chi connectivity index (χ1) is 12.7. The summed E-state index contributed by atoms with van der Waals surface area (Å²) in [5, 5.41) is 8.73. The Morgan fingerprint density at radius 3 is 2.23 bits per heavy atom. The Morgan fingerprint density at radius 2 is 1.58 bits per heavy atom. The van der Waals surface area contributed by atoms with E-state index in [0.717, 1.165) is 42.7 Å². The number of carbonyl (C=O) groups excluding carboxylic acids is 1. The molecule has 4 heteroatoms. The van der Waals surface area contributed by atoms with Crippen LogP contribution in [0.3, 0.4) is 0 Å². The fourth-order valence-electron chi connectivity index (χ4n) is 2.46. The van der Waals surface area contributed by atoms with Gasteiger partial charge in [0.05, 0.1) is 13.7 Å². The van der Waals surface area contributed by atoms with Gasteiger partial charge < -0.3 is 14.6 Å². The van der Waals surface area contributed by atoms with Gasteiger partial charge in [-0.05, 0) is 67.3 Å². The van der Waals surface area contributed by atoms with Crippen molar-refractivity contribution in [3.8, 4) is 11.5 Å². The highest BCUT2D eigenvalue weighted by molar-refractivity contribution is 6.06. The van der Waals surface area contributed by atoms with Crippen LogP contribution in [-0.4, -0.2) is 31.2 Å². The fourth-order valence-corrected chi connectivity index (χ4v) is 2.46. The smallest absolute Gasteiger partial charge is 0.185 e. The summed E-state index contributed by atoms with van der Waals surface area (Å²) in [6, 6.07) is 14.7. The molecule has 0 radical (unpaired) electrons. The van der Waals surface area contributed by atoms with Gasteiger partial charge in [-0.1, -0.05) is 24.6 Å². The molecule has 0 saturated carbocycles. The zero-order chi connectivity index (χ0) is 18.6. The summed E-state index contributed by atoms with van der Waals surface area (Å²) in [6.45, 7) is 0.902. The number of carbonyl (C=O) groups is 1. The van der Waals surface area contributed by atoms with Crippen LogP contribution < -0.4 is 9.47 Å². The van der Waals surface area contributed by atoms with Gasteiger partial charge in [0.15, 0.2) is 5.78 Å². The van der Waals surface area contributed by atoms with Crippen molar-refractivity contribution in [3.05, 3.63) is 65.7 Å². The number of ether oxygens (including phenoxy) is 2. The highest BCUT2D eigenvalue weighted by Gasteiger charge is 2.02. The fraction of sp³-hybridized carbons (Fsp3) is 0.318. The summed E-state index contributed by atoms with van der Waals surface area (Å²) < 4.78 is 10.8. The monoisotopic (exact) mass is 354 g/mol.